The fourth-order valence-electron chi connectivity index (χ4n) is 2.95. The molecule has 0 aromatic heterocycles. The number of aliphatic hydroxyl groups excluding tert-OH is 1. The monoisotopic (exact) mass is 554 g/mol. The Bertz CT molecular complexity index is 895. The standard InChI is InChI=1S/C13H19NO3.C11H17N3O2.C2H6O.H4N2O/c1-5-17-13(15)12(16-4)10-6-8-11(9-7-10)14(2)3;1-14(2)9-6-4-8(5-7-9)10(16-3)11(15)13-12;2*1-2-3/h6-9,12H,5H2,1-4H3;4-7,10H,12H2,1-3H3,(H,13,15);3H,2H2,1H3;2-3H,1H2. The number of carbonyl (C=O) groups is 2. The van der Waals surface area contributed by atoms with Crippen LogP contribution in [-0.4, -0.2) is 77.8 Å². The van der Waals surface area contributed by atoms with E-state index in [0.29, 0.717) is 6.61 Å². The molecule has 0 aliphatic heterocycles. The molecule has 1 amide bonds. The Kier molecular flexibility index (Phi) is 22.0. The van der Waals surface area contributed by atoms with Crippen LogP contribution in [0.4, 0.5) is 11.4 Å². The summed E-state index contributed by atoms with van der Waals surface area (Å²) in [7, 11) is 10.8. The number of rotatable bonds is 9. The number of methoxy groups -OCH3 is 2. The number of ether oxygens (including phenoxy) is 3. The van der Waals surface area contributed by atoms with E-state index in [9.17, 15) is 9.59 Å². The molecule has 222 valence electrons. The molecule has 8 N–H and O–H groups in total. The molecule has 0 saturated carbocycles. The van der Waals surface area contributed by atoms with Crippen molar-refractivity contribution >= 4 is 23.3 Å². The molecule has 13 nitrogen and oxygen atoms in total. The first kappa shape index (κ1) is 37.9. The number of hydrazine groups is 2. The minimum atomic E-state index is -0.666. The van der Waals surface area contributed by atoms with E-state index in [4.69, 9.17) is 30.4 Å². The zero-order valence-corrected chi connectivity index (χ0v) is 24.2. The molecule has 0 bridgehead atoms. The summed E-state index contributed by atoms with van der Waals surface area (Å²) in [5.74, 6) is 8.51. The normalized spacial score (nSPS) is 11.1. The molecule has 0 saturated heterocycles. The van der Waals surface area contributed by atoms with Crippen molar-refractivity contribution < 1.29 is 34.1 Å². The number of hydrogen-bond donors (Lipinski definition) is 6. The first-order valence-electron chi connectivity index (χ1n) is 12.0. The van der Waals surface area contributed by atoms with Gasteiger partial charge >= 0.3 is 5.97 Å². The van der Waals surface area contributed by atoms with Crippen LogP contribution in [0.2, 0.25) is 0 Å². The van der Waals surface area contributed by atoms with E-state index < -0.39 is 12.2 Å². The van der Waals surface area contributed by atoms with E-state index in [2.05, 4.69) is 11.3 Å². The van der Waals surface area contributed by atoms with E-state index in [-0.39, 0.29) is 18.5 Å². The van der Waals surface area contributed by atoms with Crippen molar-refractivity contribution in [1.29, 1.82) is 0 Å². The summed E-state index contributed by atoms with van der Waals surface area (Å²) in [5.41, 5.74) is 7.04. The Morgan fingerprint density at radius 2 is 1.15 bits per heavy atom. The second-order valence-electron chi connectivity index (χ2n) is 7.91. The molecule has 0 heterocycles. The van der Waals surface area contributed by atoms with Gasteiger partial charge in [-0.2, -0.15) is 0 Å². The SMILES string of the molecule is CCO.CCOC(=O)C(OC)c1ccc(N(C)C)cc1.COC(C(=O)NN)c1ccc(N(C)C)cc1.NNO. The van der Waals surface area contributed by atoms with Crippen molar-refractivity contribution in [3.63, 3.8) is 0 Å². The van der Waals surface area contributed by atoms with Gasteiger partial charge in [-0.05, 0) is 49.2 Å². The highest BCUT2D eigenvalue weighted by atomic mass is 16.6. The van der Waals surface area contributed by atoms with Crippen LogP contribution in [0.15, 0.2) is 48.5 Å². The van der Waals surface area contributed by atoms with Crippen LogP contribution in [0.5, 0.6) is 0 Å². The lowest BCUT2D eigenvalue weighted by atomic mass is 10.1. The fourth-order valence-corrected chi connectivity index (χ4v) is 2.95. The third kappa shape index (κ3) is 15.0. The fraction of sp³-hybridized carbons (Fsp3) is 0.462. The summed E-state index contributed by atoms with van der Waals surface area (Å²) in [5, 5.41) is 14.7. The van der Waals surface area contributed by atoms with E-state index in [1.807, 2.05) is 86.5 Å². The lowest BCUT2D eigenvalue weighted by molar-refractivity contribution is -0.155. The van der Waals surface area contributed by atoms with Gasteiger partial charge in [-0.1, -0.05) is 24.3 Å². The number of carbonyl (C=O) groups excluding carboxylic acids is 2. The average Bonchev–Trinajstić information content (AvgIpc) is 2.91. The van der Waals surface area contributed by atoms with E-state index in [1.165, 1.54) is 19.8 Å². The molecule has 0 aliphatic rings. The number of nitrogens with one attached hydrogen (secondary N) is 2. The summed E-state index contributed by atoms with van der Waals surface area (Å²) in [6.07, 6.45) is -1.31. The van der Waals surface area contributed by atoms with Crippen LogP contribution in [-0.2, 0) is 23.8 Å². The minimum Gasteiger partial charge on any atom is -0.464 e. The smallest absolute Gasteiger partial charge is 0.339 e. The number of benzene rings is 2. The van der Waals surface area contributed by atoms with Crippen LogP contribution in [0.1, 0.15) is 37.2 Å². The van der Waals surface area contributed by atoms with Gasteiger partial charge in [0.1, 0.15) is 0 Å². The van der Waals surface area contributed by atoms with Crippen molar-refractivity contribution in [3.8, 4) is 0 Å². The van der Waals surface area contributed by atoms with Gasteiger partial charge in [0.15, 0.2) is 12.2 Å². The Morgan fingerprint density at radius 1 is 0.821 bits per heavy atom. The number of anilines is 2. The van der Waals surface area contributed by atoms with Gasteiger partial charge in [0.25, 0.3) is 5.91 Å². The topological polar surface area (TPSA) is 185 Å². The van der Waals surface area contributed by atoms with E-state index in [1.54, 1.807) is 13.8 Å². The second kappa shape index (κ2) is 22.7. The van der Waals surface area contributed by atoms with Crippen LogP contribution in [0.3, 0.4) is 0 Å². The summed E-state index contributed by atoms with van der Waals surface area (Å²) < 4.78 is 15.2. The molecular weight excluding hydrogens is 508 g/mol. The van der Waals surface area contributed by atoms with Crippen LogP contribution in [0, 0.1) is 0 Å². The Labute approximate surface area is 231 Å². The van der Waals surface area contributed by atoms with Crippen LogP contribution >= 0.6 is 0 Å². The van der Waals surface area contributed by atoms with Crippen LogP contribution < -0.4 is 32.5 Å². The lowest BCUT2D eigenvalue weighted by Gasteiger charge is -2.16. The maximum absolute atomic E-state index is 11.6. The molecule has 13 heteroatoms. The third-order valence-corrected chi connectivity index (χ3v) is 4.78. The van der Waals surface area contributed by atoms with Gasteiger partial charge in [-0.3, -0.25) is 10.2 Å². The van der Waals surface area contributed by atoms with Gasteiger partial charge in [-0.25, -0.2) is 16.5 Å². The first-order valence-corrected chi connectivity index (χ1v) is 12.0. The molecule has 0 fully saturated rings. The first-order chi connectivity index (χ1) is 18.5. The highest BCUT2D eigenvalue weighted by molar-refractivity contribution is 5.81. The summed E-state index contributed by atoms with van der Waals surface area (Å²) in [4.78, 5) is 27.0. The van der Waals surface area contributed by atoms with E-state index >= 15 is 0 Å². The highest BCUT2D eigenvalue weighted by Crippen LogP contribution is 2.22. The Balaban J connectivity index is 0. The molecular formula is C26H46N6O7. The molecule has 2 atom stereocenters. The van der Waals surface area contributed by atoms with Gasteiger partial charge in [0.2, 0.25) is 0 Å². The number of aliphatic hydroxyl groups is 1. The van der Waals surface area contributed by atoms with Crippen molar-refractivity contribution in [2.45, 2.75) is 26.1 Å². The summed E-state index contributed by atoms with van der Waals surface area (Å²) in [6.45, 7) is 4.06. The predicted molar refractivity (Wildman–Crippen MR) is 152 cm³/mol. The molecule has 0 aliphatic carbocycles. The minimum absolute atomic E-state index is 0.250. The molecule has 0 spiro atoms. The molecule has 0 radical (unpaired) electrons. The van der Waals surface area contributed by atoms with Gasteiger partial charge in [0.05, 0.1) is 6.61 Å². The Morgan fingerprint density at radius 3 is 1.41 bits per heavy atom. The average molecular weight is 555 g/mol. The highest BCUT2D eigenvalue weighted by Gasteiger charge is 2.21. The van der Waals surface area contributed by atoms with Gasteiger partial charge < -0.3 is 34.3 Å². The Hall–Kier alpha value is -3.30. The molecule has 2 aromatic rings. The van der Waals surface area contributed by atoms with E-state index in [0.717, 1.165) is 22.5 Å². The van der Waals surface area contributed by atoms with Gasteiger partial charge in [-0.15, -0.1) is 5.59 Å². The predicted octanol–water partition coefficient (Wildman–Crippen LogP) is 1.27. The number of nitrogens with zero attached hydrogens (tertiary/aromatic N) is 2. The number of hydrogen-bond acceptors (Lipinski definition) is 12. The van der Waals surface area contributed by atoms with Crippen molar-refractivity contribution in [2.75, 3.05) is 65.4 Å². The molecule has 39 heavy (non-hydrogen) atoms. The number of esters is 1. The maximum atomic E-state index is 11.6. The summed E-state index contributed by atoms with van der Waals surface area (Å²) in [6, 6.07) is 15.2. The van der Waals surface area contributed by atoms with Gasteiger partial charge in [0, 0.05) is 60.4 Å². The molecule has 2 unspecified atom stereocenters. The quantitative estimate of drug-likeness (QED) is 0.113. The maximum Gasteiger partial charge on any atom is 0.339 e. The lowest BCUT2D eigenvalue weighted by Crippen LogP contribution is -2.35. The molecule has 2 aromatic carbocycles. The number of nitrogens with two attached hydrogens (primary N) is 2. The number of amides is 1. The zero-order chi connectivity index (χ0) is 30.4. The van der Waals surface area contributed by atoms with Crippen molar-refractivity contribution in [3.05, 3.63) is 59.7 Å². The van der Waals surface area contributed by atoms with Crippen molar-refractivity contribution in [2.24, 2.45) is 11.7 Å². The van der Waals surface area contributed by atoms with Crippen LogP contribution in [0.25, 0.3) is 0 Å². The van der Waals surface area contributed by atoms with Crippen molar-refractivity contribution in [1.82, 2.24) is 11.0 Å². The largest absolute Gasteiger partial charge is 0.464 e. The molecule has 2 rings (SSSR count). The second-order valence-corrected chi connectivity index (χ2v) is 7.91. The summed E-state index contributed by atoms with van der Waals surface area (Å²) >= 11 is 0. The third-order valence-electron chi connectivity index (χ3n) is 4.78. The zero-order valence-electron chi connectivity index (χ0n) is 24.2.